The second-order valence-corrected chi connectivity index (χ2v) is 4.21. The number of nitrogens with one attached hydrogen (secondary N) is 2. The number of carbonyl (C=O) groups excluding carboxylic acids is 1. The Morgan fingerprint density at radius 1 is 1.47 bits per heavy atom. The summed E-state index contributed by atoms with van der Waals surface area (Å²) in [6.45, 7) is 0.434. The van der Waals surface area contributed by atoms with Crippen LogP contribution in [-0.2, 0) is 11.2 Å². The monoisotopic (exact) mass is 280 g/mol. The van der Waals surface area contributed by atoms with Crippen molar-refractivity contribution in [1.82, 2.24) is 20.5 Å². The van der Waals surface area contributed by atoms with E-state index in [4.69, 9.17) is 16.3 Å². The number of carbonyl (C=O) groups is 1. The van der Waals surface area contributed by atoms with Gasteiger partial charge in [0, 0.05) is 18.0 Å². The summed E-state index contributed by atoms with van der Waals surface area (Å²) in [5.41, 5.74) is 0. The number of hydrogen-bond acceptors (Lipinski definition) is 4. The maximum atomic E-state index is 11.5. The molecule has 0 saturated heterocycles. The molecule has 2 aromatic rings. The van der Waals surface area contributed by atoms with Crippen molar-refractivity contribution in [1.29, 1.82) is 0 Å². The van der Waals surface area contributed by atoms with Crippen LogP contribution in [0.2, 0.25) is 5.02 Å². The van der Waals surface area contributed by atoms with Gasteiger partial charge in [-0.2, -0.15) is 5.10 Å². The molecule has 100 valence electrons. The smallest absolute Gasteiger partial charge is 0.257 e. The molecule has 0 atom stereocenters. The molecule has 0 bridgehead atoms. The minimum Gasteiger partial charge on any atom is -0.484 e. The van der Waals surface area contributed by atoms with Crippen LogP contribution in [0.15, 0.2) is 30.6 Å². The first-order valence-corrected chi connectivity index (χ1v) is 6.11. The predicted octanol–water partition coefficient (Wildman–Crippen LogP) is 1.20. The molecule has 0 aliphatic carbocycles. The number of benzene rings is 1. The van der Waals surface area contributed by atoms with Gasteiger partial charge in [-0.25, -0.2) is 4.98 Å². The summed E-state index contributed by atoms with van der Waals surface area (Å²) in [7, 11) is 0. The molecule has 0 saturated carbocycles. The van der Waals surface area contributed by atoms with Gasteiger partial charge in [-0.05, 0) is 18.2 Å². The second-order valence-electron chi connectivity index (χ2n) is 3.78. The molecule has 1 aromatic heterocycles. The van der Waals surface area contributed by atoms with E-state index in [1.54, 1.807) is 24.3 Å². The first kappa shape index (κ1) is 13.4. The quantitative estimate of drug-likeness (QED) is 0.833. The molecule has 0 radical (unpaired) electrons. The van der Waals surface area contributed by atoms with Gasteiger partial charge >= 0.3 is 0 Å². The van der Waals surface area contributed by atoms with Crippen LogP contribution in [0.3, 0.4) is 0 Å². The Hall–Kier alpha value is -2.08. The zero-order valence-electron chi connectivity index (χ0n) is 10.1. The Morgan fingerprint density at radius 3 is 3.11 bits per heavy atom. The molecular formula is C12H13ClN4O2. The molecule has 1 heterocycles. The van der Waals surface area contributed by atoms with Crippen LogP contribution in [0, 0.1) is 0 Å². The summed E-state index contributed by atoms with van der Waals surface area (Å²) in [5, 5.41) is 9.73. The molecule has 0 aliphatic rings. The van der Waals surface area contributed by atoms with E-state index in [0.717, 1.165) is 5.82 Å². The lowest BCUT2D eigenvalue weighted by atomic mass is 10.3. The Kier molecular flexibility index (Phi) is 4.74. The summed E-state index contributed by atoms with van der Waals surface area (Å²) in [6, 6.07) is 6.91. The first-order chi connectivity index (χ1) is 9.24. The number of rotatable bonds is 6. The van der Waals surface area contributed by atoms with Crippen LogP contribution in [0.5, 0.6) is 5.75 Å². The van der Waals surface area contributed by atoms with Crippen molar-refractivity contribution in [2.24, 2.45) is 0 Å². The molecule has 2 N–H and O–H groups in total. The summed E-state index contributed by atoms with van der Waals surface area (Å²) < 4.78 is 5.30. The van der Waals surface area contributed by atoms with E-state index in [1.807, 2.05) is 0 Å². The third kappa shape index (κ3) is 4.59. The van der Waals surface area contributed by atoms with Crippen LogP contribution >= 0.6 is 11.6 Å². The van der Waals surface area contributed by atoms with Gasteiger partial charge in [-0.15, -0.1) is 0 Å². The molecule has 2 rings (SSSR count). The molecule has 6 nitrogen and oxygen atoms in total. The minimum atomic E-state index is -0.195. The largest absolute Gasteiger partial charge is 0.484 e. The first-order valence-electron chi connectivity index (χ1n) is 5.73. The number of nitrogens with zero attached hydrogens (tertiary/aromatic N) is 2. The highest BCUT2D eigenvalue weighted by atomic mass is 35.5. The maximum absolute atomic E-state index is 11.5. The highest BCUT2D eigenvalue weighted by Crippen LogP contribution is 2.16. The van der Waals surface area contributed by atoms with Crippen LogP contribution in [-0.4, -0.2) is 34.2 Å². The molecule has 0 fully saturated rings. The van der Waals surface area contributed by atoms with Crippen LogP contribution in [0.25, 0.3) is 0 Å². The third-order valence-electron chi connectivity index (χ3n) is 2.31. The number of ether oxygens (including phenoxy) is 1. The minimum absolute atomic E-state index is 0.0449. The van der Waals surface area contributed by atoms with Gasteiger partial charge in [0.15, 0.2) is 6.61 Å². The van der Waals surface area contributed by atoms with E-state index in [1.165, 1.54) is 6.33 Å². The van der Waals surface area contributed by atoms with E-state index in [9.17, 15) is 4.79 Å². The predicted molar refractivity (Wildman–Crippen MR) is 70.0 cm³/mol. The van der Waals surface area contributed by atoms with Gasteiger partial charge in [0.2, 0.25) is 0 Å². The zero-order chi connectivity index (χ0) is 13.5. The number of hydrogen-bond donors (Lipinski definition) is 2. The molecule has 0 aliphatic heterocycles. The van der Waals surface area contributed by atoms with Crippen LogP contribution in [0.4, 0.5) is 0 Å². The molecular weight excluding hydrogens is 268 g/mol. The maximum Gasteiger partial charge on any atom is 0.257 e. The van der Waals surface area contributed by atoms with E-state index in [0.29, 0.717) is 23.7 Å². The zero-order valence-corrected chi connectivity index (χ0v) is 10.9. The van der Waals surface area contributed by atoms with Gasteiger partial charge in [-0.3, -0.25) is 9.89 Å². The lowest BCUT2D eigenvalue weighted by Crippen LogP contribution is -2.30. The van der Waals surface area contributed by atoms with Crippen molar-refractivity contribution in [2.75, 3.05) is 13.2 Å². The fourth-order valence-electron chi connectivity index (χ4n) is 1.43. The van der Waals surface area contributed by atoms with E-state index >= 15 is 0 Å². The number of halogens is 1. The SMILES string of the molecule is O=C(COc1cccc(Cl)c1)NCCc1ncn[nH]1. The number of amides is 1. The summed E-state index contributed by atoms with van der Waals surface area (Å²) >= 11 is 5.80. The summed E-state index contributed by atoms with van der Waals surface area (Å²) in [5.74, 6) is 1.11. The lowest BCUT2D eigenvalue weighted by molar-refractivity contribution is -0.123. The summed E-state index contributed by atoms with van der Waals surface area (Å²) in [6.07, 6.45) is 2.03. The van der Waals surface area contributed by atoms with E-state index in [2.05, 4.69) is 20.5 Å². The molecule has 1 amide bonds. The second kappa shape index (κ2) is 6.75. The van der Waals surface area contributed by atoms with Crippen molar-refractivity contribution < 1.29 is 9.53 Å². The Labute approximate surface area is 115 Å². The highest BCUT2D eigenvalue weighted by Gasteiger charge is 2.03. The lowest BCUT2D eigenvalue weighted by Gasteiger charge is -2.07. The molecule has 19 heavy (non-hydrogen) atoms. The van der Waals surface area contributed by atoms with Crippen LogP contribution < -0.4 is 10.1 Å². The molecule has 0 unspecified atom stereocenters. The van der Waals surface area contributed by atoms with Crippen LogP contribution in [0.1, 0.15) is 5.82 Å². The Bertz CT molecular complexity index is 530. The fourth-order valence-corrected chi connectivity index (χ4v) is 1.61. The fraction of sp³-hybridized carbons (Fsp3) is 0.250. The molecule has 1 aromatic carbocycles. The van der Waals surface area contributed by atoms with Crippen molar-refractivity contribution >= 4 is 17.5 Å². The topological polar surface area (TPSA) is 79.9 Å². The van der Waals surface area contributed by atoms with E-state index in [-0.39, 0.29) is 12.5 Å². The van der Waals surface area contributed by atoms with E-state index < -0.39 is 0 Å². The van der Waals surface area contributed by atoms with Gasteiger partial charge in [0.1, 0.15) is 17.9 Å². The van der Waals surface area contributed by atoms with Crippen molar-refractivity contribution in [3.8, 4) is 5.75 Å². The Morgan fingerprint density at radius 2 is 2.37 bits per heavy atom. The third-order valence-corrected chi connectivity index (χ3v) is 2.55. The average molecular weight is 281 g/mol. The molecule has 7 heteroatoms. The van der Waals surface area contributed by atoms with Gasteiger partial charge < -0.3 is 10.1 Å². The van der Waals surface area contributed by atoms with Gasteiger partial charge in [0.05, 0.1) is 0 Å². The summed E-state index contributed by atoms with van der Waals surface area (Å²) in [4.78, 5) is 15.5. The standard InChI is InChI=1S/C12H13ClN4O2/c13-9-2-1-3-10(6-9)19-7-12(18)14-5-4-11-15-8-16-17-11/h1-3,6,8H,4-5,7H2,(H,14,18)(H,15,16,17). The van der Waals surface area contributed by atoms with Crippen molar-refractivity contribution in [3.05, 3.63) is 41.4 Å². The van der Waals surface area contributed by atoms with Gasteiger partial charge in [0.25, 0.3) is 5.91 Å². The van der Waals surface area contributed by atoms with Gasteiger partial charge in [-0.1, -0.05) is 17.7 Å². The highest BCUT2D eigenvalue weighted by molar-refractivity contribution is 6.30. The molecule has 0 spiro atoms. The number of aromatic amines is 1. The Balaban J connectivity index is 1.67. The van der Waals surface area contributed by atoms with Crippen molar-refractivity contribution in [2.45, 2.75) is 6.42 Å². The van der Waals surface area contributed by atoms with Crippen molar-refractivity contribution in [3.63, 3.8) is 0 Å². The average Bonchev–Trinajstić information content (AvgIpc) is 2.90. The number of aromatic nitrogens is 3. The number of H-pyrrole nitrogens is 1. The normalized spacial score (nSPS) is 10.2.